The van der Waals surface area contributed by atoms with Crippen LogP contribution < -0.4 is 10.2 Å². The van der Waals surface area contributed by atoms with Crippen molar-refractivity contribution in [3.05, 3.63) is 84.9 Å². The highest BCUT2D eigenvalue weighted by Gasteiger charge is 2.14. The van der Waals surface area contributed by atoms with Crippen molar-refractivity contribution >= 4 is 22.3 Å². The predicted octanol–water partition coefficient (Wildman–Crippen LogP) is 5.66. The van der Waals surface area contributed by atoms with Gasteiger partial charge in [0.05, 0.1) is 23.3 Å². The average Bonchev–Trinajstić information content (AvgIpc) is 3.37. The molecule has 176 valence electrons. The lowest BCUT2D eigenvalue weighted by atomic mass is 10.1. The highest BCUT2D eigenvalue weighted by molar-refractivity contribution is 5.96. The third-order valence-electron chi connectivity index (χ3n) is 5.94. The van der Waals surface area contributed by atoms with Crippen molar-refractivity contribution in [3.63, 3.8) is 0 Å². The van der Waals surface area contributed by atoms with Crippen LogP contribution in [0.3, 0.4) is 0 Å². The lowest BCUT2D eigenvalue weighted by Gasteiger charge is -2.09. The zero-order valence-corrected chi connectivity index (χ0v) is 19.2. The number of para-hydroxylation sites is 1. The summed E-state index contributed by atoms with van der Waals surface area (Å²) in [5.74, 6) is 1.20. The van der Waals surface area contributed by atoms with Crippen molar-refractivity contribution in [2.75, 3.05) is 6.61 Å². The van der Waals surface area contributed by atoms with Gasteiger partial charge in [-0.3, -0.25) is 10.0 Å². The SMILES string of the molecule is O=C(CCCCCOc1ccc(-c2nc3ccccc3c3cc(-c4ccccc4)nn23)cc1)NO. The molecule has 0 aliphatic heterocycles. The zero-order valence-electron chi connectivity index (χ0n) is 19.2. The van der Waals surface area contributed by atoms with Crippen LogP contribution in [0.1, 0.15) is 25.7 Å². The van der Waals surface area contributed by atoms with Crippen LogP contribution in [-0.2, 0) is 4.79 Å². The molecular formula is C28H26N4O3. The summed E-state index contributed by atoms with van der Waals surface area (Å²) in [6, 6.07) is 28.3. The standard InChI is InChI=1S/C28H26N4O3/c33-27(31-34)13-5-2-8-18-35-22-16-14-21(15-17-22)28-29-24-12-7-6-11-23(24)26-19-25(30-32(26)28)20-9-3-1-4-10-20/h1,3-4,6-7,9-12,14-17,19,34H,2,5,8,13,18H2,(H,31,33). The van der Waals surface area contributed by atoms with E-state index in [0.717, 1.165) is 57.7 Å². The second-order valence-electron chi connectivity index (χ2n) is 8.36. The van der Waals surface area contributed by atoms with E-state index in [4.69, 9.17) is 20.0 Å². The summed E-state index contributed by atoms with van der Waals surface area (Å²) in [5, 5.41) is 14.5. The molecule has 2 N–H and O–H groups in total. The second kappa shape index (κ2) is 10.4. The number of nitrogens with one attached hydrogen (secondary N) is 1. The molecule has 0 atom stereocenters. The molecule has 0 fully saturated rings. The Bertz CT molecular complexity index is 1450. The minimum absolute atomic E-state index is 0.317. The third-order valence-corrected chi connectivity index (χ3v) is 5.94. The van der Waals surface area contributed by atoms with Crippen LogP contribution >= 0.6 is 0 Å². The normalized spacial score (nSPS) is 11.1. The lowest BCUT2D eigenvalue weighted by molar-refractivity contribution is -0.129. The number of carbonyl (C=O) groups is 1. The molecule has 7 heteroatoms. The number of unbranched alkanes of at least 4 members (excludes halogenated alkanes) is 2. The fourth-order valence-corrected chi connectivity index (χ4v) is 4.13. The Kier molecular flexibility index (Phi) is 6.68. The largest absolute Gasteiger partial charge is 0.494 e. The van der Waals surface area contributed by atoms with Crippen LogP contribution in [0.4, 0.5) is 0 Å². The molecule has 0 bridgehead atoms. The highest BCUT2D eigenvalue weighted by atomic mass is 16.5. The van der Waals surface area contributed by atoms with Crippen molar-refractivity contribution in [1.82, 2.24) is 20.1 Å². The van der Waals surface area contributed by atoms with E-state index in [-0.39, 0.29) is 5.91 Å². The molecule has 0 aliphatic rings. The van der Waals surface area contributed by atoms with Gasteiger partial charge in [-0.05, 0) is 55.7 Å². The maximum Gasteiger partial charge on any atom is 0.243 e. The van der Waals surface area contributed by atoms with Gasteiger partial charge in [0.25, 0.3) is 0 Å². The molecule has 5 rings (SSSR count). The fraction of sp³-hybridized carbons (Fsp3) is 0.179. The molecular weight excluding hydrogens is 440 g/mol. The quantitative estimate of drug-likeness (QED) is 0.166. The number of rotatable bonds is 9. The molecule has 2 heterocycles. The topological polar surface area (TPSA) is 88.8 Å². The van der Waals surface area contributed by atoms with Crippen LogP contribution in [0.25, 0.3) is 39.1 Å². The minimum atomic E-state index is -0.356. The predicted molar refractivity (Wildman–Crippen MR) is 135 cm³/mol. The van der Waals surface area contributed by atoms with E-state index in [2.05, 4.69) is 24.3 Å². The minimum Gasteiger partial charge on any atom is -0.494 e. The Morgan fingerprint density at radius 1 is 0.886 bits per heavy atom. The molecule has 35 heavy (non-hydrogen) atoms. The summed E-state index contributed by atoms with van der Waals surface area (Å²) in [6.45, 7) is 0.568. The summed E-state index contributed by atoms with van der Waals surface area (Å²) < 4.78 is 7.78. The fourth-order valence-electron chi connectivity index (χ4n) is 4.13. The zero-order chi connectivity index (χ0) is 24.0. The summed E-state index contributed by atoms with van der Waals surface area (Å²) in [4.78, 5) is 16.0. The van der Waals surface area contributed by atoms with Crippen LogP contribution in [0.15, 0.2) is 84.9 Å². The summed E-state index contributed by atoms with van der Waals surface area (Å²) in [5.41, 5.74) is 6.50. The smallest absolute Gasteiger partial charge is 0.243 e. The first-order chi connectivity index (χ1) is 17.2. The van der Waals surface area contributed by atoms with Gasteiger partial charge in [0.2, 0.25) is 5.91 Å². The number of benzene rings is 3. The lowest BCUT2D eigenvalue weighted by Crippen LogP contribution is -2.17. The van der Waals surface area contributed by atoms with E-state index in [1.807, 2.05) is 65.2 Å². The van der Waals surface area contributed by atoms with Crippen molar-refractivity contribution in [2.45, 2.75) is 25.7 Å². The molecule has 0 spiro atoms. The van der Waals surface area contributed by atoms with Gasteiger partial charge in [-0.2, -0.15) is 5.10 Å². The van der Waals surface area contributed by atoms with Gasteiger partial charge in [-0.1, -0.05) is 48.5 Å². The first-order valence-corrected chi connectivity index (χ1v) is 11.7. The van der Waals surface area contributed by atoms with Gasteiger partial charge in [0.1, 0.15) is 5.75 Å². The van der Waals surface area contributed by atoms with Crippen LogP contribution in [0, 0.1) is 0 Å². The average molecular weight is 467 g/mol. The van der Waals surface area contributed by atoms with E-state index in [0.29, 0.717) is 19.4 Å². The summed E-state index contributed by atoms with van der Waals surface area (Å²) in [7, 11) is 0. The van der Waals surface area contributed by atoms with Gasteiger partial charge < -0.3 is 4.74 Å². The number of hydroxylamine groups is 1. The number of aromatic nitrogens is 3. The van der Waals surface area contributed by atoms with Gasteiger partial charge in [0.15, 0.2) is 5.82 Å². The Morgan fingerprint density at radius 3 is 2.46 bits per heavy atom. The number of hydrogen-bond donors (Lipinski definition) is 2. The van der Waals surface area contributed by atoms with E-state index < -0.39 is 0 Å². The van der Waals surface area contributed by atoms with Crippen molar-refractivity contribution in [3.8, 4) is 28.4 Å². The van der Waals surface area contributed by atoms with E-state index in [1.165, 1.54) is 0 Å². The van der Waals surface area contributed by atoms with Gasteiger partial charge in [-0.25, -0.2) is 15.0 Å². The number of amides is 1. The maximum absolute atomic E-state index is 11.0. The van der Waals surface area contributed by atoms with E-state index in [9.17, 15) is 4.79 Å². The highest BCUT2D eigenvalue weighted by Crippen LogP contribution is 2.30. The molecule has 2 aromatic heterocycles. The molecule has 0 saturated carbocycles. The number of carbonyl (C=O) groups excluding carboxylic acids is 1. The van der Waals surface area contributed by atoms with Crippen molar-refractivity contribution in [2.24, 2.45) is 0 Å². The first-order valence-electron chi connectivity index (χ1n) is 11.7. The molecule has 5 aromatic rings. The van der Waals surface area contributed by atoms with Crippen LogP contribution in [0.2, 0.25) is 0 Å². The first kappa shape index (κ1) is 22.6. The van der Waals surface area contributed by atoms with E-state index >= 15 is 0 Å². The maximum atomic E-state index is 11.0. The summed E-state index contributed by atoms with van der Waals surface area (Å²) >= 11 is 0. The van der Waals surface area contributed by atoms with Gasteiger partial charge >= 0.3 is 0 Å². The van der Waals surface area contributed by atoms with Crippen molar-refractivity contribution < 1.29 is 14.7 Å². The van der Waals surface area contributed by atoms with Gasteiger partial charge in [0, 0.05) is 22.9 Å². The number of hydrogen-bond acceptors (Lipinski definition) is 5. The second-order valence-corrected chi connectivity index (χ2v) is 8.36. The molecule has 7 nitrogen and oxygen atoms in total. The Hall–Kier alpha value is -4.23. The number of nitrogens with zero attached hydrogens (tertiary/aromatic N) is 3. The molecule has 0 saturated heterocycles. The van der Waals surface area contributed by atoms with Crippen LogP contribution in [-0.4, -0.2) is 32.3 Å². The monoisotopic (exact) mass is 466 g/mol. The molecule has 1 amide bonds. The Labute approximate surface area is 203 Å². The number of fused-ring (bicyclic) bond motifs is 3. The molecule has 3 aromatic carbocycles. The molecule has 0 unspecified atom stereocenters. The van der Waals surface area contributed by atoms with Crippen LogP contribution in [0.5, 0.6) is 5.75 Å². The molecule has 0 aliphatic carbocycles. The molecule has 0 radical (unpaired) electrons. The third kappa shape index (κ3) is 5.00. The van der Waals surface area contributed by atoms with Crippen molar-refractivity contribution in [1.29, 1.82) is 0 Å². The summed E-state index contributed by atoms with van der Waals surface area (Å²) in [6.07, 6.45) is 2.72. The van der Waals surface area contributed by atoms with E-state index in [1.54, 1.807) is 5.48 Å². The number of ether oxygens (including phenoxy) is 1. The van der Waals surface area contributed by atoms with Gasteiger partial charge in [-0.15, -0.1) is 0 Å². The Morgan fingerprint density at radius 2 is 1.66 bits per heavy atom. The Balaban J connectivity index is 1.38.